The Bertz CT molecular complexity index is 484. The van der Waals surface area contributed by atoms with Crippen molar-refractivity contribution < 1.29 is 14.6 Å². The Balaban J connectivity index is 0.00000176. The normalized spacial score (nSPS) is 24.5. The molecule has 0 spiro atoms. The third-order valence-electron chi connectivity index (χ3n) is 4.76. The van der Waals surface area contributed by atoms with Gasteiger partial charge in [-0.15, -0.1) is 12.4 Å². The van der Waals surface area contributed by atoms with Gasteiger partial charge in [0, 0.05) is 12.5 Å². The Labute approximate surface area is 137 Å². The molecule has 1 aliphatic heterocycles. The molecule has 5 heteroatoms. The summed E-state index contributed by atoms with van der Waals surface area (Å²) in [5.74, 6) is -0.518. The van der Waals surface area contributed by atoms with Crippen molar-refractivity contribution in [1.82, 2.24) is 5.32 Å². The Hall–Kier alpha value is -1.10. The minimum Gasteiger partial charge on any atom is -0.459 e. The molecule has 22 heavy (non-hydrogen) atoms. The first-order valence-electron chi connectivity index (χ1n) is 7.91. The third-order valence-corrected chi connectivity index (χ3v) is 4.76. The zero-order valence-electron chi connectivity index (χ0n) is 12.7. The SMILES string of the molecule is Cl.O=C(O[C@@H]1CCNC1)[C@](O)(c1ccccc1)C1CCCC1. The second-order valence-corrected chi connectivity index (χ2v) is 6.13. The molecular formula is C17H24ClNO3. The molecule has 1 saturated carbocycles. The fraction of sp³-hybridized carbons (Fsp3) is 0.588. The van der Waals surface area contributed by atoms with Gasteiger partial charge in [0.25, 0.3) is 0 Å². The molecule has 1 heterocycles. The summed E-state index contributed by atoms with van der Waals surface area (Å²) in [4.78, 5) is 12.7. The van der Waals surface area contributed by atoms with Crippen LogP contribution >= 0.6 is 12.4 Å². The van der Waals surface area contributed by atoms with Crippen LogP contribution in [0.4, 0.5) is 0 Å². The minimum absolute atomic E-state index is 0. The summed E-state index contributed by atoms with van der Waals surface area (Å²) >= 11 is 0. The number of ether oxygens (including phenoxy) is 1. The maximum Gasteiger partial charge on any atom is 0.343 e. The van der Waals surface area contributed by atoms with E-state index in [9.17, 15) is 9.90 Å². The standard InChI is InChI=1S/C17H23NO3.ClH/c19-16(21-15-10-11-18-12-15)17(20,14-8-4-5-9-14)13-6-2-1-3-7-13;/h1-3,6-7,14-15,18,20H,4-5,8-12H2;1H/t15-,17+;/m1./s1. The van der Waals surface area contributed by atoms with E-state index < -0.39 is 11.6 Å². The summed E-state index contributed by atoms with van der Waals surface area (Å²) in [5, 5.41) is 14.4. The van der Waals surface area contributed by atoms with E-state index in [1.165, 1.54) is 0 Å². The van der Waals surface area contributed by atoms with E-state index in [4.69, 9.17) is 4.74 Å². The summed E-state index contributed by atoms with van der Waals surface area (Å²) in [7, 11) is 0. The number of carbonyl (C=O) groups excluding carboxylic acids is 1. The molecule has 4 nitrogen and oxygen atoms in total. The largest absolute Gasteiger partial charge is 0.459 e. The van der Waals surface area contributed by atoms with E-state index in [-0.39, 0.29) is 24.4 Å². The van der Waals surface area contributed by atoms with Gasteiger partial charge < -0.3 is 15.2 Å². The molecular weight excluding hydrogens is 302 g/mol. The van der Waals surface area contributed by atoms with Gasteiger partial charge >= 0.3 is 5.97 Å². The summed E-state index contributed by atoms with van der Waals surface area (Å²) in [6, 6.07) is 9.27. The maximum atomic E-state index is 12.7. The van der Waals surface area contributed by atoms with Crippen LogP contribution < -0.4 is 5.32 Å². The molecule has 1 aromatic rings. The van der Waals surface area contributed by atoms with Crippen LogP contribution in [-0.4, -0.2) is 30.3 Å². The van der Waals surface area contributed by atoms with Crippen molar-refractivity contribution in [2.75, 3.05) is 13.1 Å². The fourth-order valence-electron chi connectivity index (χ4n) is 3.53. The highest BCUT2D eigenvalue weighted by Crippen LogP contribution is 2.41. The van der Waals surface area contributed by atoms with Crippen molar-refractivity contribution in [3.8, 4) is 0 Å². The predicted molar refractivity (Wildman–Crippen MR) is 86.9 cm³/mol. The molecule has 0 bridgehead atoms. The molecule has 1 saturated heterocycles. The minimum atomic E-state index is -1.50. The molecule has 2 atom stereocenters. The van der Waals surface area contributed by atoms with Gasteiger partial charge in [0.15, 0.2) is 5.60 Å². The average molecular weight is 326 g/mol. The average Bonchev–Trinajstić information content (AvgIpc) is 3.20. The Morgan fingerprint density at radius 3 is 2.45 bits per heavy atom. The van der Waals surface area contributed by atoms with Crippen molar-refractivity contribution in [3.05, 3.63) is 35.9 Å². The van der Waals surface area contributed by atoms with Crippen LogP contribution in [0.5, 0.6) is 0 Å². The highest BCUT2D eigenvalue weighted by molar-refractivity contribution is 5.85. The highest BCUT2D eigenvalue weighted by Gasteiger charge is 2.48. The molecule has 2 aliphatic rings. The number of rotatable bonds is 4. The molecule has 1 aromatic carbocycles. The van der Waals surface area contributed by atoms with Crippen molar-refractivity contribution >= 4 is 18.4 Å². The quantitative estimate of drug-likeness (QED) is 0.835. The van der Waals surface area contributed by atoms with Crippen molar-refractivity contribution in [2.45, 2.75) is 43.8 Å². The number of carbonyl (C=O) groups is 1. The van der Waals surface area contributed by atoms with Crippen molar-refractivity contribution in [1.29, 1.82) is 0 Å². The molecule has 122 valence electrons. The zero-order valence-corrected chi connectivity index (χ0v) is 13.5. The summed E-state index contributed by atoms with van der Waals surface area (Å²) in [5.41, 5.74) is -0.840. The number of hydrogen-bond acceptors (Lipinski definition) is 4. The summed E-state index contributed by atoms with van der Waals surface area (Å²) in [6.07, 6.45) is 4.60. The molecule has 0 aromatic heterocycles. The number of esters is 1. The predicted octanol–water partition coefficient (Wildman–Crippen LogP) is 2.39. The lowest BCUT2D eigenvalue weighted by Gasteiger charge is -2.33. The fourth-order valence-corrected chi connectivity index (χ4v) is 3.53. The highest BCUT2D eigenvalue weighted by atomic mass is 35.5. The lowest BCUT2D eigenvalue weighted by Crippen LogP contribution is -2.45. The molecule has 3 rings (SSSR count). The van der Waals surface area contributed by atoms with Crippen LogP contribution in [0.3, 0.4) is 0 Å². The van der Waals surface area contributed by atoms with Crippen LogP contribution in [0.2, 0.25) is 0 Å². The van der Waals surface area contributed by atoms with Gasteiger partial charge in [-0.25, -0.2) is 4.79 Å². The Kier molecular flexibility index (Phi) is 5.84. The first-order chi connectivity index (χ1) is 10.2. The van der Waals surface area contributed by atoms with Gasteiger partial charge in [0.2, 0.25) is 0 Å². The first kappa shape index (κ1) is 17.3. The van der Waals surface area contributed by atoms with E-state index in [1.807, 2.05) is 30.3 Å². The first-order valence-corrected chi connectivity index (χ1v) is 7.91. The molecule has 2 N–H and O–H groups in total. The van der Waals surface area contributed by atoms with Gasteiger partial charge in [0.1, 0.15) is 6.10 Å². The van der Waals surface area contributed by atoms with E-state index in [0.717, 1.165) is 38.6 Å². The van der Waals surface area contributed by atoms with Crippen LogP contribution in [0, 0.1) is 5.92 Å². The molecule has 1 aliphatic carbocycles. The van der Waals surface area contributed by atoms with Crippen LogP contribution in [0.15, 0.2) is 30.3 Å². The van der Waals surface area contributed by atoms with Crippen LogP contribution in [0.1, 0.15) is 37.7 Å². The number of nitrogens with one attached hydrogen (secondary N) is 1. The number of aliphatic hydroxyl groups is 1. The number of hydrogen-bond donors (Lipinski definition) is 2. The Morgan fingerprint density at radius 2 is 1.86 bits per heavy atom. The number of halogens is 1. The van der Waals surface area contributed by atoms with Gasteiger partial charge in [-0.2, -0.15) is 0 Å². The topological polar surface area (TPSA) is 58.6 Å². The van der Waals surface area contributed by atoms with Gasteiger partial charge in [-0.1, -0.05) is 43.2 Å². The van der Waals surface area contributed by atoms with Crippen LogP contribution in [-0.2, 0) is 15.1 Å². The summed E-state index contributed by atoms with van der Waals surface area (Å²) < 4.78 is 5.59. The Morgan fingerprint density at radius 1 is 1.18 bits per heavy atom. The monoisotopic (exact) mass is 325 g/mol. The zero-order chi connectivity index (χ0) is 14.7. The number of benzene rings is 1. The van der Waals surface area contributed by atoms with E-state index >= 15 is 0 Å². The van der Waals surface area contributed by atoms with E-state index in [2.05, 4.69) is 5.32 Å². The second-order valence-electron chi connectivity index (χ2n) is 6.13. The lowest BCUT2D eigenvalue weighted by molar-refractivity contribution is -0.178. The third kappa shape index (κ3) is 3.29. The second kappa shape index (κ2) is 7.44. The van der Waals surface area contributed by atoms with E-state index in [1.54, 1.807) is 0 Å². The molecule has 0 radical (unpaired) electrons. The molecule has 2 fully saturated rings. The van der Waals surface area contributed by atoms with Crippen molar-refractivity contribution in [2.24, 2.45) is 5.92 Å². The molecule has 0 amide bonds. The lowest BCUT2D eigenvalue weighted by atomic mass is 9.80. The van der Waals surface area contributed by atoms with Gasteiger partial charge in [-0.3, -0.25) is 0 Å². The van der Waals surface area contributed by atoms with E-state index in [0.29, 0.717) is 12.1 Å². The van der Waals surface area contributed by atoms with Crippen molar-refractivity contribution in [3.63, 3.8) is 0 Å². The maximum absolute atomic E-state index is 12.7. The summed E-state index contributed by atoms with van der Waals surface area (Å²) in [6.45, 7) is 1.55. The smallest absolute Gasteiger partial charge is 0.343 e. The van der Waals surface area contributed by atoms with Gasteiger partial charge in [-0.05, 0) is 31.4 Å². The van der Waals surface area contributed by atoms with Gasteiger partial charge in [0.05, 0.1) is 0 Å². The molecule has 0 unspecified atom stereocenters. The van der Waals surface area contributed by atoms with Crippen LogP contribution in [0.25, 0.3) is 0 Å².